The topological polar surface area (TPSA) is 53.0 Å². The minimum Gasteiger partial charge on any atom is -0.444 e. The molecule has 3 atom stereocenters. The van der Waals surface area contributed by atoms with Crippen LogP contribution in [0.25, 0.3) is 0 Å². The van der Waals surface area contributed by atoms with Crippen molar-refractivity contribution >= 4 is 6.09 Å². The van der Waals surface area contributed by atoms with Crippen LogP contribution >= 0.6 is 0 Å². The summed E-state index contributed by atoms with van der Waals surface area (Å²) >= 11 is 0. The van der Waals surface area contributed by atoms with Crippen molar-refractivity contribution in [2.45, 2.75) is 57.8 Å². The lowest BCUT2D eigenvalue weighted by Crippen LogP contribution is -2.53. The van der Waals surface area contributed by atoms with E-state index >= 15 is 0 Å². The lowest BCUT2D eigenvalue weighted by Gasteiger charge is -2.40. The standard InChI is InChI=1S/C20H30N2O3/c1-20(2,3)25-19(24)22-13-16-9-10-17(18(22)14-23)21(12-16)11-15-7-5-4-6-8-15/h4-8,16-18,23H,9-14H2,1-3H3/t16-,17-,18-/m0/s1. The number of nitrogens with zero attached hydrogens (tertiary/aromatic N) is 2. The predicted molar refractivity (Wildman–Crippen MR) is 97.2 cm³/mol. The number of piperidine rings is 1. The predicted octanol–water partition coefficient (Wildman–Crippen LogP) is 2.88. The molecule has 3 heterocycles. The summed E-state index contributed by atoms with van der Waals surface area (Å²) in [4.78, 5) is 16.9. The van der Waals surface area contributed by atoms with Gasteiger partial charge < -0.3 is 14.7 Å². The van der Waals surface area contributed by atoms with Crippen molar-refractivity contribution in [3.63, 3.8) is 0 Å². The summed E-state index contributed by atoms with van der Waals surface area (Å²) in [7, 11) is 0. The highest BCUT2D eigenvalue weighted by atomic mass is 16.6. The number of rotatable bonds is 3. The summed E-state index contributed by atoms with van der Waals surface area (Å²) in [6.07, 6.45) is 1.82. The van der Waals surface area contributed by atoms with Gasteiger partial charge in [0.15, 0.2) is 0 Å². The van der Waals surface area contributed by atoms with E-state index in [0.717, 1.165) is 25.9 Å². The van der Waals surface area contributed by atoms with Gasteiger partial charge in [0.2, 0.25) is 0 Å². The van der Waals surface area contributed by atoms with Gasteiger partial charge in [-0.1, -0.05) is 30.3 Å². The van der Waals surface area contributed by atoms with E-state index in [1.807, 2.05) is 26.8 Å². The number of amides is 1. The normalized spacial score (nSPS) is 27.2. The van der Waals surface area contributed by atoms with Crippen LogP contribution in [0.1, 0.15) is 39.2 Å². The number of fused-ring (bicyclic) bond motifs is 4. The van der Waals surface area contributed by atoms with Crippen LogP contribution in [0.4, 0.5) is 4.79 Å². The van der Waals surface area contributed by atoms with E-state index in [-0.39, 0.29) is 24.8 Å². The van der Waals surface area contributed by atoms with Crippen LogP contribution in [0.2, 0.25) is 0 Å². The Morgan fingerprint density at radius 3 is 2.56 bits per heavy atom. The molecule has 3 fully saturated rings. The Hall–Kier alpha value is -1.59. The highest BCUT2D eigenvalue weighted by Gasteiger charge is 2.44. The van der Waals surface area contributed by atoms with Crippen molar-refractivity contribution in [2.75, 3.05) is 19.7 Å². The molecule has 0 aliphatic carbocycles. The third kappa shape index (κ3) is 4.33. The lowest BCUT2D eigenvalue weighted by molar-refractivity contribution is 0.000606. The third-order valence-electron chi connectivity index (χ3n) is 5.18. The van der Waals surface area contributed by atoms with Gasteiger partial charge in [-0.15, -0.1) is 0 Å². The maximum Gasteiger partial charge on any atom is 0.410 e. The Balaban J connectivity index is 1.79. The molecule has 138 valence electrons. The van der Waals surface area contributed by atoms with Crippen LogP contribution in [0.5, 0.6) is 0 Å². The molecule has 0 unspecified atom stereocenters. The van der Waals surface area contributed by atoms with Crippen LogP contribution in [0.3, 0.4) is 0 Å². The Bertz CT molecular complexity index is 584. The molecule has 1 aromatic rings. The second-order valence-electron chi connectivity index (χ2n) is 8.31. The van der Waals surface area contributed by atoms with Gasteiger partial charge in [-0.25, -0.2) is 4.79 Å². The third-order valence-corrected chi connectivity index (χ3v) is 5.18. The zero-order valence-corrected chi connectivity index (χ0v) is 15.5. The first-order chi connectivity index (χ1) is 11.9. The van der Waals surface area contributed by atoms with Crippen molar-refractivity contribution in [1.82, 2.24) is 9.80 Å². The molecule has 1 amide bonds. The maximum atomic E-state index is 12.7. The minimum absolute atomic E-state index is 0.0259. The molecule has 4 rings (SSSR count). The minimum atomic E-state index is -0.522. The fourth-order valence-corrected chi connectivity index (χ4v) is 4.10. The SMILES string of the molecule is CC(C)(C)OC(=O)N1C[C@H]2CC[C@@H]([C@@H]1CO)N(Cc1ccccc1)C2. The molecular formula is C20H30N2O3. The summed E-state index contributed by atoms with van der Waals surface area (Å²) in [5.41, 5.74) is 0.752. The molecular weight excluding hydrogens is 316 g/mol. The smallest absolute Gasteiger partial charge is 0.410 e. The van der Waals surface area contributed by atoms with Crippen LogP contribution in [-0.4, -0.2) is 58.4 Å². The number of benzene rings is 1. The first-order valence-corrected chi connectivity index (χ1v) is 9.26. The van der Waals surface area contributed by atoms with E-state index in [4.69, 9.17) is 4.74 Å². The second kappa shape index (κ2) is 7.34. The van der Waals surface area contributed by atoms with Gasteiger partial charge in [-0.2, -0.15) is 0 Å². The highest BCUT2D eigenvalue weighted by molar-refractivity contribution is 5.69. The largest absolute Gasteiger partial charge is 0.444 e. The van der Waals surface area contributed by atoms with Crippen LogP contribution < -0.4 is 0 Å². The first kappa shape index (κ1) is 18.2. The highest BCUT2D eigenvalue weighted by Crippen LogP contribution is 2.33. The first-order valence-electron chi connectivity index (χ1n) is 9.26. The van der Waals surface area contributed by atoms with Crippen molar-refractivity contribution in [1.29, 1.82) is 0 Å². The van der Waals surface area contributed by atoms with E-state index in [9.17, 15) is 9.90 Å². The lowest BCUT2D eigenvalue weighted by atomic mass is 9.92. The molecule has 3 aliphatic heterocycles. The average Bonchev–Trinajstić information content (AvgIpc) is 2.82. The molecule has 0 spiro atoms. The molecule has 1 aromatic carbocycles. The second-order valence-corrected chi connectivity index (χ2v) is 8.31. The summed E-state index contributed by atoms with van der Waals surface area (Å²) in [6.45, 7) is 8.12. The van der Waals surface area contributed by atoms with Crippen molar-refractivity contribution in [2.24, 2.45) is 5.92 Å². The van der Waals surface area contributed by atoms with E-state index in [1.54, 1.807) is 4.90 Å². The van der Waals surface area contributed by atoms with Crippen LogP contribution in [0.15, 0.2) is 30.3 Å². The number of aliphatic hydroxyl groups is 1. The zero-order chi connectivity index (χ0) is 18.0. The van der Waals surface area contributed by atoms with Crippen LogP contribution in [0, 0.1) is 5.92 Å². The summed E-state index contributed by atoms with van der Waals surface area (Å²) in [5, 5.41) is 10.1. The number of hydrogen-bond donors (Lipinski definition) is 1. The van der Waals surface area contributed by atoms with Gasteiger partial charge >= 0.3 is 6.09 Å². The average molecular weight is 346 g/mol. The molecule has 0 radical (unpaired) electrons. The monoisotopic (exact) mass is 346 g/mol. The summed E-state index contributed by atoms with van der Waals surface area (Å²) in [5.74, 6) is 0.434. The molecule has 5 nitrogen and oxygen atoms in total. The fourth-order valence-electron chi connectivity index (χ4n) is 4.10. The number of ether oxygens (including phenoxy) is 1. The molecule has 0 saturated carbocycles. The molecule has 0 aromatic heterocycles. The quantitative estimate of drug-likeness (QED) is 0.914. The molecule has 5 heteroatoms. The van der Waals surface area contributed by atoms with Gasteiger partial charge in [0.1, 0.15) is 5.60 Å². The number of aliphatic hydroxyl groups excluding tert-OH is 1. The molecule has 3 saturated heterocycles. The van der Waals surface area contributed by atoms with Crippen molar-refractivity contribution in [3.05, 3.63) is 35.9 Å². The fraction of sp³-hybridized carbons (Fsp3) is 0.650. The van der Waals surface area contributed by atoms with Crippen LogP contribution in [-0.2, 0) is 11.3 Å². The number of hydrogen-bond acceptors (Lipinski definition) is 4. The van der Waals surface area contributed by atoms with Gasteiger partial charge in [0.25, 0.3) is 0 Å². The zero-order valence-electron chi connectivity index (χ0n) is 15.5. The number of carbonyl (C=O) groups is 1. The molecule has 25 heavy (non-hydrogen) atoms. The summed E-state index contributed by atoms with van der Waals surface area (Å²) < 4.78 is 5.60. The van der Waals surface area contributed by atoms with Gasteiger partial charge in [0, 0.05) is 25.7 Å². The van der Waals surface area contributed by atoms with Gasteiger partial charge in [-0.05, 0) is 45.1 Å². The summed E-state index contributed by atoms with van der Waals surface area (Å²) in [6, 6.07) is 10.4. The Morgan fingerprint density at radius 1 is 1.20 bits per heavy atom. The Morgan fingerprint density at radius 2 is 1.92 bits per heavy atom. The Labute approximate surface area is 150 Å². The number of carbonyl (C=O) groups excluding carboxylic acids is 1. The van der Waals surface area contributed by atoms with Gasteiger partial charge in [-0.3, -0.25) is 4.90 Å². The van der Waals surface area contributed by atoms with Crippen molar-refractivity contribution in [3.8, 4) is 0 Å². The molecule has 1 N–H and O–H groups in total. The van der Waals surface area contributed by atoms with Crippen molar-refractivity contribution < 1.29 is 14.6 Å². The van der Waals surface area contributed by atoms with Gasteiger partial charge in [0.05, 0.1) is 12.6 Å². The van der Waals surface area contributed by atoms with E-state index in [2.05, 4.69) is 29.2 Å². The Kier molecular flexibility index (Phi) is 5.35. The maximum absolute atomic E-state index is 12.7. The van der Waals surface area contributed by atoms with E-state index in [1.165, 1.54) is 5.56 Å². The molecule has 2 bridgehead atoms. The van der Waals surface area contributed by atoms with E-state index < -0.39 is 5.60 Å². The molecule has 3 aliphatic rings. The van der Waals surface area contributed by atoms with E-state index in [0.29, 0.717) is 12.5 Å².